The maximum absolute atomic E-state index is 9.00. The summed E-state index contributed by atoms with van der Waals surface area (Å²) in [4.78, 5) is 13.2. The van der Waals surface area contributed by atoms with Crippen molar-refractivity contribution in [3.63, 3.8) is 0 Å². The summed E-state index contributed by atoms with van der Waals surface area (Å²) in [5.41, 5.74) is 3.25. The number of nitrogens with zero attached hydrogens (tertiary/aromatic N) is 6. The van der Waals surface area contributed by atoms with Crippen LogP contribution in [0.4, 0.5) is 11.4 Å². The second-order valence-electron chi connectivity index (χ2n) is 6.47. The maximum atomic E-state index is 9.00. The van der Waals surface area contributed by atoms with Crippen LogP contribution in [-0.2, 0) is 11.3 Å². The summed E-state index contributed by atoms with van der Waals surface area (Å²) in [6.45, 7) is 2.69. The second-order valence-corrected chi connectivity index (χ2v) is 6.47. The molecule has 0 unspecified atom stereocenters. The van der Waals surface area contributed by atoms with E-state index in [0.29, 0.717) is 5.96 Å². The predicted molar refractivity (Wildman–Crippen MR) is 111 cm³/mol. The number of benzene rings is 2. The molecule has 0 radical (unpaired) electrons. The number of carbonyl (C=O) groups is 1. The molecule has 0 atom stereocenters. The highest BCUT2D eigenvalue weighted by molar-refractivity contribution is 5.81. The van der Waals surface area contributed by atoms with Crippen molar-refractivity contribution in [1.82, 2.24) is 9.91 Å². The van der Waals surface area contributed by atoms with Gasteiger partial charge in [0.1, 0.15) is 6.67 Å². The normalized spacial score (nSPS) is 13.2. The zero-order valence-electron chi connectivity index (χ0n) is 16.6. The van der Waals surface area contributed by atoms with Gasteiger partial charge in [-0.15, -0.1) is 15.3 Å². The Morgan fingerprint density at radius 2 is 1.71 bits per heavy atom. The smallest absolute Gasteiger partial charge is 0.300 e. The number of carboxylic acid groups (broad SMARTS) is 1. The molecule has 0 amide bonds. The summed E-state index contributed by atoms with van der Waals surface area (Å²) in [5.74, 6) is -0.206. The van der Waals surface area contributed by atoms with Gasteiger partial charge in [0, 0.05) is 40.3 Å². The van der Waals surface area contributed by atoms with Crippen LogP contribution in [0.15, 0.2) is 69.9 Å². The average molecular weight is 382 g/mol. The summed E-state index contributed by atoms with van der Waals surface area (Å²) >= 11 is 0. The molecule has 1 aliphatic heterocycles. The summed E-state index contributed by atoms with van der Waals surface area (Å²) in [6.07, 6.45) is 0. The molecule has 0 spiro atoms. The Kier molecular flexibility index (Phi) is 7.50. The molecule has 148 valence electrons. The van der Waals surface area contributed by atoms with Crippen LogP contribution < -0.4 is 4.90 Å². The zero-order chi connectivity index (χ0) is 20.5. The highest BCUT2D eigenvalue weighted by Gasteiger charge is 2.15. The number of guanidine groups is 1. The molecule has 0 bridgehead atoms. The van der Waals surface area contributed by atoms with Crippen molar-refractivity contribution in [1.29, 1.82) is 0 Å². The van der Waals surface area contributed by atoms with Crippen LogP contribution in [0.5, 0.6) is 0 Å². The first-order valence-corrected chi connectivity index (χ1v) is 8.82. The van der Waals surface area contributed by atoms with Gasteiger partial charge in [0.15, 0.2) is 0 Å². The molecule has 0 saturated carbocycles. The van der Waals surface area contributed by atoms with Crippen molar-refractivity contribution in [3.05, 3.63) is 60.2 Å². The molecule has 28 heavy (non-hydrogen) atoms. The standard InChI is InChI=1S/C18H22N6.C2H4O2/c1-22(13-15-7-5-4-6-8-15)17-11-9-16(10-12-17)19-20-18-21-24(3)14-23(18)2;1-2(3)4/h4-12H,13-14H2,1-3H3;1H3,(H,3,4). The van der Waals surface area contributed by atoms with E-state index in [2.05, 4.69) is 63.7 Å². The fourth-order valence-corrected chi connectivity index (χ4v) is 2.55. The lowest BCUT2D eigenvalue weighted by atomic mass is 10.2. The van der Waals surface area contributed by atoms with Gasteiger partial charge < -0.3 is 14.9 Å². The SMILES string of the molecule is CC(=O)O.CN1CN(C)C(N=Nc2ccc(N(C)Cc3ccccc3)cc2)=N1. The average Bonchev–Trinajstić information content (AvgIpc) is 2.98. The van der Waals surface area contributed by atoms with Crippen molar-refractivity contribution in [2.24, 2.45) is 15.3 Å². The molecule has 8 nitrogen and oxygen atoms in total. The quantitative estimate of drug-likeness (QED) is 0.817. The molecule has 2 aromatic rings. The highest BCUT2D eigenvalue weighted by Crippen LogP contribution is 2.21. The van der Waals surface area contributed by atoms with Gasteiger partial charge in [-0.3, -0.25) is 9.80 Å². The third-order valence-electron chi connectivity index (χ3n) is 3.83. The fourth-order valence-electron chi connectivity index (χ4n) is 2.55. The van der Waals surface area contributed by atoms with Crippen molar-refractivity contribution < 1.29 is 9.90 Å². The van der Waals surface area contributed by atoms with E-state index in [9.17, 15) is 0 Å². The molecule has 3 rings (SSSR count). The number of hydrazone groups is 1. The third kappa shape index (κ3) is 6.71. The van der Waals surface area contributed by atoms with Crippen LogP contribution in [0.1, 0.15) is 12.5 Å². The Bertz CT molecular complexity index is 816. The van der Waals surface area contributed by atoms with Gasteiger partial charge in [-0.25, -0.2) is 0 Å². The second kappa shape index (κ2) is 10.1. The Hall–Kier alpha value is -3.42. The first-order chi connectivity index (χ1) is 13.3. The van der Waals surface area contributed by atoms with Gasteiger partial charge in [-0.05, 0) is 29.8 Å². The molecule has 1 N–H and O–H groups in total. The number of hydrogen-bond donors (Lipinski definition) is 1. The van der Waals surface area contributed by atoms with Gasteiger partial charge in [0.05, 0.1) is 5.69 Å². The van der Waals surface area contributed by atoms with E-state index in [4.69, 9.17) is 9.90 Å². The van der Waals surface area contributed by atoms with Gasteiger partial charge in [0.2, 0.25) is 0 Å². The third-order valence-corrected chi connectivity index (χ3v) is 3.83. The molecule has 1 aliphatic rings. The molecule has 0 aromatic heterocycles. The van der Waals surface area contributed by atoms with Gasteiger partial charge >= 0.3 is 0 Å². The summed E-state index contributed by atoms with van der Waals surface area (Å²) in [7, 11) is 5.95. The predicted octanol–water partition coefficient (Wildman–Crippen LogP) is 3.60. The summed E-state index contributed by atoms with van der Waals surface area (Å²) in [6, 6.07) is 18.5. The van der Waals surface area contributed by atoms with Crippen LogP contribution in [0.3, 0.4) is 0 Å². The monoisotopic (exact) mass is 382 g/mol. The minimum Gasteiger partial charge on any atom is -0.481 e. The minimum atomic E-state index is -0.833. The first kappa shape index (κ1) is 20.9. The molecule has 2 aromatic carbocycles. The number of hydrogen-bond acceptors (Lipinski definition) is 7. The van der Waals surface area contributed by atoms with E-state index in [-0.39, 0.29) is 0 Å². The van der Waals surface area contributed by atoms with Crippen LogP contribution in [-0.4, -0.2) is 54.8 Å². The van der Waals surface area contributed by atoms with Gasteiger partial charge in [0.25, 0.3) is 11.9 Å². The summed E-state index contributed by atoms with van der Waals surface area (Å²) in [5, 5.41) is 22.0. The Morgan fingerprint density at radius 3 is 2.25 bits per heavy atom. The van der Waals surface area contributed by atoms with E-state index in [1.54, 1.807) is 0 Å². The largest absolute Gasteiger partial charge is 0.481 e. The lowest BCUT2D eigenvalue weighted by Crippen LogP contribution is -2.23. The minimum absolute atomic E-state index is 0.628. The van der Waals surface area contributed by atoms with Crippen molar-refractivity contribution >= 4 is 23.3 Å². The Labute approximate surface area is 165 Å². The van der Waals surface area contributed by atoms with Crippen LogP contribution in [0.2, 0.25) is 0 Å². The number of carboxylic acids is 1. The first-order valence-electron chi connectivity index (χ1n) is 8.82. The Balaban J connectivity index is 0.000000640. The number of aliphatic carboxylic acids is 1. The molecule has 8 heteroatoms. The van der Waals surface area contributed by atoms with Gasteiger partial charge in [-0.2, -0.15) is 0 Å². The van der Waals surface area contributed by atoms with Crippen molar-refractivity contribution in [2.75, 3.05) is 32.7 Å². The van der Waals surface area contributed by atoms with Crippen molar-refractivity contribution in [2.45, 2.75) is 13.5 Å². The van der Waals surface area contributed by atoms with Crippen molar-refractivity contribution in [3.8, 4) is 0 Å². The molecular weight excluding hydrogens is 356 g/mol. The van der Waals surface area contributed by atoms with Crippen LogP contribution >= 0.6 is 0 Å². The lowest BCUT2D eigenvalue weighted by molar-refractivity contribution is -0.134. The molecule has 0 aliphatic carbocycles. The van der Waals surface area contributed by atoms with E-state index < -0.39 is 5.97 Å². The van der Waals surface area contributed by atoms with Crippen LogP contribution in [0, 0.1) is 0 Å². The van der Waals surface area contributed by atoms with E-state index in [0.717, 1.165) is 31.5 Å². The number of rotatable bonds is 4. The number of anilines is 1. The molecule has 0 saturated heterocycles. The maximum Gasteiger partial charge on any atom is 0.300 e. The highest BCUT2D eigenvalue weighted by atomic mass is 16.4. The number of azo groups is 1. The lowest BCUT2D eigenvalue weighted by Gasteiger charge is -2.19. The van der Waals surface area contributed by atoms with Gasteiger partial charge in [-0.1, -0.05) is 30.3 Å². The fraction of sp³-hybridized carbons (Fsp3) is 0.300. The zero-order valence-corrected chi connectivity index (χ0v) is 16.6. The molecular formula is C20H26N6O2. The summed E-state index contributed by atoms with van der Waals surface area (Å²) < 4.78 is 0. The topological polar surface area (TPSA) is 84.1 Å². The van der Waals surface area contributed by atoms with E-state index in [1.807, 2.05) is 42.2 Å². The van der Waals surface area contributed by atoms with E-state index >= 15 is 0 Å². The molecule has 0 fully saturated rings. The Morgan fingerprint density at radius 1 is 1.11 bits per heavy atom. The van der Waals surface area contributed by atoms with Crippen LogP contribution in [0.25, 0.3) is 0 Å². The van der Waals surface area contributed by atoms with E-state index in [1.165, 1.54) is 5.56 Å². The molecule has 1 heterocycles.